The van der Waals surface area contributed by atoms with E-state index in [1.807, 2.05) is 115 Å². The molecule has 0 spiro atoms. The van der Waals surface area contributed by atoms with Gasteiger partial charge in [-0.3, -0.25) is 9.36 Å². The van der Waals surface area contributed by atoms with Gasteiger partial charge >= 0.3 is 0 Å². The molecule has 1 amide bonds. The Labute approximate surface area is 219 Å². The number of nitrogens with zero attached hydrogens (tertiary/aromatic N) is 3. The van der Waals surface area contributed by atoms with Crippen molar-refractivity contribution >= 4 is 35.0 Å². The first-order valence-corrected chi connectivity index (χ1v) is 12.8. The van der Waals surface area contributed by atoms with E-state index in [0.717, 1.165) is 33.6 Å². The SMILES string of the molecule is Cc1ccccc1-n1c(SCC(=O)Nc2ccccc2-c2ccccc2)nnc1-c1ccc(Cl)cc1. The number of hydrogen-bond donors (Lipinski definition) is 1. The zero-order chi connectivity index (χ0) is 24.9. The number of para-hydroxylation sites is 2. The zero-order valence-electron chi connectivity index (χ0n) is 19.6. The van der Waals surface area contributed by atoms with Crippen molar-refractivity contribution in [3.63, 3.8) is 0 Å². The Balaban J connectivity index is 1.41. The molecule has 0 unspecified atom stereocenters. The van der Waals surface area contributed by atoms with Crippen molar-refractivity contribution in [2.45, 2.75) is 12.1 Å². The molecule has 0 saturated carbocycles. The Bertz CT molecular complexity index is 1500. The lowest BCUT2D eigenvalue weighted by Crippen LogP contribution is -2.15. The van der Waals surface area contributed by atoms with E-state index in [-0.39, 0.29) is 11.7 Å². The van der Waals surface area contributed by atoms with Crippen molar-refractivity contribution in [1.29, 1.82) is 0 Å². The van der Waals surface area contributed by atoms with Crippen molar-refractivity contribution in [2.75, 3.05) is 11.1 Å². The highest BCUT2D eigenvalue weighted by Crippen LogP contribution is 2.31. The van der Waals surface area contributed by atoms with Crippen LogP contribution >= 0.6 is 23.4 Å². The number of carbonyl (C=O) groups is 1. The molecular weight excluding hydrogens is 488 g/mol. The number of anilines is 1. The van der Waals surface area contributed by atoms with Gasteiger partial charge in [0.1, 0.15) is 0 Å². The first kappa shape index (κ1) is 23.9. The topological polar surface area (TPSA) is 59.8 Å². The lowest BCUT2D eigenvalue weighted by atomic mass is 10.0. The summed E-state index contributed by atoms with van der Waals surface area (Å²) >= 11 is 7.45. The third-order valence-corrected chi connectivity index (χ3v) is 6.89. The number of thioether (sulfide) groups is 1. The predicted octanol–water partition coefficient (Wildman–Crippen LogP) is 7.29. The van der Waals surface area contributed by atoms with Gasteiger partial charge in [-0.1, -0.05) is 90.1 Å². The van der Waals surface area contributed by atoms with Gasteiger partial charge in [-0.15, -0.1) is 10.2 Å². The second kappa shape index (κ2) is 10.8. The number of aromatic nitrogens is 3. The van der Waals surface area contributed by atoms with Crippen LogP contribution in [0.2, 0.25) is 5.02 Å². The number of carbonyl (C=O) groups excluding carboxylic acids is 1. The molecule has 4 aromatic carbocycles. The minimum atomic E-state index is -0.115. The number of hydrogen-bond acceptors (Lipinski definition) is 4. The lowest BCUT2D eigenvalue weighted by molar-refractivity contribution is -0.113. The lowest BCUT2D eigenvalue weighted by Gasteiger charge is -2.13. The predicted molar refractivity (Wildman–Crippen MR) is 148 cm³/mol. The molecule has 1 heterocycles. The molecule has 0 aliphatic carbocycles. The molecular formula is C29H23ClN4OS. The summed E-state index contributed by atoms with van der Waals surface area (Å²) in [5.74, 6) is 0.766. The Morgan fingerprint density at radius 3 is 2.31 bits per heavy atom. The molecule has 5 aromatic rings. The van der Waals surface area contributed by atoms with Crippen LogP contribution in [0, 0.1) is 6.92 Å². The summed E-state index contributed by atoms with van der Waals surface area (Å²) in [5.41, 5.74) is 5.73. The highest BCUT2D eigenvalue weighted by molar-refractivity contribution is 7.99. The number of halogens is 1. The summed E-state index contributed by atoms with van der Waals surface area (Å²) < 4.78 is 1.99. The van der Waals surface area contributed by atoms with Crippen LogP contribution in [0.3, 0.4) is 0 Å². The summed E-state index contributed by atoms with van der Waals surface area (Å²) in [6.07, 6.45) is 0. The molecule has 0 saturated heterocycles. The third kappa shape index (κ3) is 5.20. The average Bonchev–Trinajstić information content (AvgIpc) is 3.33. The standard InChI is InChI=1S/C29H23ClN4OS/c1-20-9-5-8-14-26(20)34-28(22-15-17-23(30)18-16-22)32-33-29(34)36-19-27(35)31-25-13-7-6-12-24(25)21-10-3-2-4-11-21/h2-18H,19H2,1H3,(H,31,35). The summed E-state index contributed by atoms with van der Waals surface area (Å²) in [6, 6.07) is 33.4. The first-order valence-electron chi connectivity index (χ1n) is 11.4. The molecule has 178 valence electrons. The molecule has 0 radical (unpaired) electrons. The quantitative estimate of drug-likeness (QED) is 0.233. The monoisotopic (exact) mass is 510 g/mol. The number of nitrogens with one attached hydrogen (secondary N) is 1. The van der Waals surface area contributed by atoms with Crippen molar-refractivity contribution in [1.82, 2.24) is 14.8 Å². The average molecular weight is 511 g/mol. The van der Waals surface area contributed by atoms with E-state index in [1.165, 1.54) is 11.8 Å². The van der Waals surface area contributed by atoms with Crippen molar-refractivity contribution in [3.05, 3.63) is 114 Å². The molecule has 36 heavy (non-hydrogen) atoms. The molecule has 0 bridgehead atoms. The largest absolute Gasteiger partial charge is 0.325 e. The maximum atomic E-state index is 13.0. The molecule has 0 aliphatic rings. The van der Waals surface area contributed by atoms with Gasteiger partial charge in [0, 0.05) is 21.8 Å². The minimum Gasteiger partial charge on any atom is -0.325 e. The van der Waals surface area contributed by atoms with E-state index in [1.54, 1.807) is 0 Å². The van der Waals surface area contributed by atoms with Gasteiger partial charge in [-0.2, -0.15) is 0 Å². The summed E-state index contributed by atoms with van der Waals surface area (Å²) in [5, 5.41) is 13.3. The van der Waals surface area contributed by atoms with Gasteiger partial charge in [0.15, 0.2) is 11.0 Å². The highest BCUT2D eigenvalue weighted by Gasteiger charge is 2.19. The first-order chi connectivity index (χ1) is 17.6. The Kier molecular flexibility index (Phi) is 7.16. The van der Waals surface area contributed by atoms with Gasteiger partial charge in [0.2, 0.25) is 5.91 Å². The van der Waals surface area contributed by atoms with Crippen LogP contribution in [0.5, 0.6) is 0 Å². The molecule has 5 rings (SSSR count). The Morgan fingerprint density at radius 2 is 1.53 bits per heavy atom. The van der Waals surface area contributed by atoms with Crippen LogP contribution in [0.1, 0.15) is 5.56 Å². The molecule has 7 heteroatoms. The van der Waals surface area contributed by atoms with Gasteiger partial charge < -0.3 is 5.32 Å². The zero-order valence-corrected chi connectivity index (χ0v) is 21.1. The molecule has 1 N–H and O–H groups in total. The van der Waals surface area contributed by atoms with Crippen LogP contribution < -0.4 is 5.32 Å². The van der Waals surface area contributed by atoms with Crippen LogP contribution in [-0.2, 0) is 4.79 Å². The van der Waals surface area contributed by atoms with Gasteiger partial charge in [-0.25, -0.2) is 0 Å². The smallest absolute Gasteiger partial charge is 0.234 e. The maximum Gasteiger partial charge on any atom is 0.234 e. The molecule has 0 fully saturated rings. The number of aryl methyl sites for hydroxylation is 1. The van der Waals surface area contributed by atoms with E-state index in [4.69, 9.17) is 11.6 Å². The van der Waals surface area contributed by atoms with Crippen molar-refractivity contribution < 1.29 is 4.79 Å². The van der Waals surface area contributed by atoms with Gasteiger partial charge in [0.25, 0.3) is 0 Å². The van der Waals surface area contributed by atoms with E-state index in [0.29, 0.717) is 16.0 Å². The highest BCUT2D eigenvalue weighted by atomic mass is 35.5. The second-order valence-corrected chi connectivity index (χ2v) is 9.56. The van der Waals surface area contributed by atoms with Crippen molar-refractivity contribution in [2.24, 2.45) is 0 Å². The Hall–Kier alpha value is -3.87. The molecule has 0 aliphatic heterocycles. The summed E-state index contributed by atoms with van der Waals surface area (Å²) in [7, 11) is 0. The van der Waals surface area contributed by atoms with Gasteiger partial charge in [0.05, 0.1) is 11.4 Å². The Morgan fingerprint density at radius 1 is 0.833 bits per heavy atom. The molecule has 5 nitrogen and oxygen atoms in total. The fourth-order valence-corrected chi connectivity index (χ4v) is 4.83. The second-order valence-electron chi connectivity index (χ2n) is 8.18. The fourth-order valence-electron chi connectivity index (χ4n) is 3.96. The maximum absolute atomic E-state index is 13.0. The number of amides is 1. The summed E-state index contributed by atoms with van der Waals surface area (Å²) in [6.45, 7) is 2.04. The fraction of sp³-hybridized carbons (Fsp3) is 0.0690. The van der Waals surface area contributed by atoms with Crippen LogP contribution in [-0.4, -0.2) is 26.4 Å². The molecule has 1 aromatic heterocycles. The van der Waals surface area contributed by atoms with Gasteiger partial charge in [-0.05, 0) is 54.4 Å². The van der Waals surface area contributed by atoms with E-state index in [2.05, 4.69) is 15.5 Å². The number of rotatable bonds is 7. The normalized spacial score (nSPS) is 10.8. The minimum absolute atomic E-state index is 0.115. The molecule has 0 atom stereocenters. The van der Waals surface area contributed by atoms with E-state index < -0.39 is 0 Å². The third-order valence-electron chi connectivity index (χ3n) is 5.71. The van der Waals surface area contributed by atoms with Crippen LogP contribution in [0.15, 0.2) is 108 Å². The van der Waals surface area contributed by atoms with Crippen LogP contribution in [0.25, 0.3) is 28.2 Å². The number of benzene rings is 4. The van der Waals surface area contributed by atoms with Crippen LogP contribution in [0.4, 0.5) is 5.69 Å². The summed E-state index contributed by atoms with van der Waals surface area (Å²) in [4.78, 5) is 13.0. The van der Waals surface area contributed by atoms with E-state index >= 15 is 0 Å². The van der Waals surface area contributed by atoms with E-state index in [9.17, 15) is 4.79 Å². The van der Waals surface area contributed by atoms with Crippen molar-refractivity contribution in [3.8, 4) is 28.2 Å².